The highest BCUT2D eigenvalue weighted by molar-refractivity contribution is 6.05. The molecule has 0 amide bonds. The fourth-order valence-corrected chi connectivity index (χ4v) is 4.05. The molecule has 0 aliphatic carbocycles. The minimum absolute atomic E-state index is 0.0655. The van der Waals surface area contributed by atoms with Gasteiger partial charge in [-0.25, -0.2) is 0 Å². The molecule has 0 aromatic heterocycles. The van der Waals surface area contributed by atoms with E-state index in [1.807, 2.05) is 84.9 Å². The van der Waals surface area contributed by atoms with Gasteiger partial charge in [-0.05, 0) is 35.4 Å². The molecule has 0 unspecified atom stereocenters. The first kappa shape index (κ1) is 19.4. The Balaban J connectivity index is 1.74. The highest BCUT2D eigenvalue weighted by atomic mass is 16.5. The van der Waals surface area contributed by atoms with Crippen LogP contribution in [0.25, 0.3) is 0 Å². The van der Waals surface area contributed by atoms with Gasteiger partial charge in [0.1, 0.15) is 0 Å². The Morgan fingerprint density at radius 2 is 1.34 bits per heavy atom. The van der Waals surface area contributed by atoms with Gasteiger partial charge in [0.05, 0.1) is 0 Å². The van der Waals surface area contributed by atoms with Crippen molar-refractivity contribution in [3.05, 3.63) is 102 Å². The summed E-state index contributed by atoms with van der Waals surface area (Å²) in [4.78, 5) is 16.2. The number of ketones is 1. The Kier molecular flexibility index (Phi) is 5.74. The van der Waals surface area contributed by atoms with Crippen LogP contribution in [-0.4, -0.2) is 39.1 Å². The highest BCUT2D eigenvalue weighted by Gasteiger charge is 2.42. The van der Waals surface area contributed by atoms with Crippen LogP contribution in [0.2, 0.25) is 0 Å². The van der Waals surface area contributed by atoms with Gasteiger partial charge in [0.2, 0.25) is 5.78 Å². The number of ether oxygens (including phenoxy) is 1. The fraction of sp³-hybridized carbons (Fsp3) is 0.240. The molecule has 1 heterocycles. The summed E-state index contributed by atoms with van der Waals surface area (Å²) >= 11 is 0. The summed E-state index contributed by atoms with van der Waals surface area (Å²) in [5, 5.41) is 3.37. The van der Waals surface area contributed by atoms with Gasteiger partial charge in [0.15, 0.2) is 5.60 Å². The minimum atomic E-state index is -1.18. The first-order chi connectivity index (χ1) is 14.3. The third-order valence-electron chi connectivity index (χ3n) is 5.60. The second-order valence-electron chi connectivity index (χ2n) is 7.23. The van der Waals surface area contributed by atoms with Gasteiger partial charge in [0.25, 0.3) is 0 Å². The van der Waals surface area contributed by atoms with E-state index in [1.165, 1.54) is 0 Å². The van der Waals surface area contributed by atoms with E-state index >= 15 is 0 Å². The number of rotatable bonds is 6. The van der Waals surface area contributed by atoms with Gasteiger partial charge in [-0.2, -0.15) is 0 Å². The largest absolute Gasteiger partial charge is 0.369 e. The average molecular weight is 386 g/mol. The molecular weight excluding hydrogens is 360 g/mol. The van der Waals surface area contributed by atoms with Crippen molar-refractivity contribution in [2.75, 3.05) is 38.2 Å². The molecule has 0 atom stereocenters. The van der Waals surface area contributed by atoms with Gasteiger partial charge in [-0.1, -0.05) is 60.7 Å². The van der Waals surface area contributed by atoms with Crippen molar-refractivity contribution < 1.29 is 9.53 Å². The lowest BCUT2D eigenvalue weighted by Crippen LogP contribution is -2.43. The Hall–Kier alpha value is -2.95. The Morgan fingerprint density at radius 3 is 1.83 bits per heavy atom. The summed E-state index contributed by atoms with van der Waals surface area (Å²) in [6.45, 7) is 3.91. The molecule has 29 heavy (non-hydrogen) atoms. The summed E-state index contributed by atoms with van der Waals surface area (Å²) in [6.07, 6.45) is 0. The van der Waals surface area contributed by atoms with Crippen molar-refractivity contribution in [3.63, 3.8) is 0 Å². The lowest BCUT2D eigenvalue weighted by molar-refractivity contribution is 0.0224. The number of carbonyl (C=O) groups excluding carboxylic acids is 1. The summed E-state index contributed by atoms with van der Waals surface area (Å²) in [6, 6.07) is 27.3. The van der Waals surface area contributed by atoms with Crippen molar-refractivity contribution in [1.29, 1.82) is 0 Å². The van der Waals surface area contributed by atoms with Crippen LogP contribution in [0.3, 0.4) is 0 Å². The maximum Gasteiger partial charge on any atom is 0.203 e. The van der Waals surface area contributed by atoms with Crippen molar-refractivity contribution in [2.24, 2.45) is 0 Å². The lowest BCUT2D eigenvalue weighted by atomic mass is 9.80. The van der Waals surface area contributed by atoms with E-state index in [1.54, 1.807) is 7.11 Å². The number of benzene rings is 3. The lowest BCUT2D eigenvalue weighted by Gasteiger charge is -2.33. The number of carbonyl (C=O) groups is 1. The van der Waals surface area contributed by atoms with Crippen molar-refractivity contribution in [2.45, 2.75) is 5.60 Å². The molecule has 3 aromatic rings. The van der Waals surface area contributed by atoms with Gasteiger partial charge < -0.3 is 15.0 Å². The molecule has 1 N–H and O–H groups in total. The molecule has 0 bridgehead atoms. The number of hydrogen-bond acceptors (Lipinski definition) is 4. The Bertz CT molecular complexity index is 894. The topological polar surface area (TPSA) is 41.6 Å². The van der Waals surface area contributed by atoms with E-state index in [4.69, 9.17) is 4.74 Å². The van der Waals surface area contributed by atoms with Crippen molar-refractivity contribution in [3.8, 4) is 0 Å². The zero-order valence-electron chi connectivity index (χ0n) is 16.7. The van der Waals surface area contributed by atoms with Gasteiger partial charge >= 0.3 is 0 Å². The number of nitrogens with zero attached hydrogens (tertiary/aromatic N) is 1. The van der Waals surface area contributed by atoms with Crippen LogP contribution in [0, 0.1) is 0 Å². The molecule has 4 heteroatoms. The molecule has 1 aliphatic rings. The molecule has 4 rings (SSSR count). The zero-order valence-corrected chi connectivity index (χ0v) is 16.7. The van der Waals surface area contributed by atoms with Crippen molar-refractivity contribution >= 4 is 11.5 Å². The first-order valence-electron chi connectivity index (χ1n) is 10.0. The predicted octanol–water partition coefficient (Wildman–Crippen LogP) is 3.87. The maximum atomic E-state index is 13.8. The molecule has 148 valence electrons. The number of Topliss-reactive ketones (excluding diaryl/α,β-unsaturated/α-hetero) is 1. The van der Waals surface area contributed by atoms with E-state index in [2.05, 4.69) is 10.2 Å². The third kappa shape index (κ3) is 3.69. The van der Waals surface area contributed by atoms with E-state index < -0.39 is 5.60 Å². The predicted molar refractivity (Wildman–Crippen MR) is 117 cm³/mol. The zero-order chi connectivity index (χ0) is 20.1. The van der Waals surface area contributed by atoms with Crippen LogP contribution in [0.15, 0.2) is 84.9 Å². The molecule has 1 saturated heterocycles. The summed E-state index contributed by atoms with van der Waals surface area (Å²) < 4.78 is 6.00. The Labute approximate surface area is 172 Å². The molecule has 0 radical (unpaired) electrons. The summed E-state index contributed by atoms with van der Waals surface area (Å²) in [5.74, 6) is -0.0655. The van der Waals surface area contributed by atoms with Crippen LogP contribution >= 0.6 is 0 Å². The number of nitrogens with one attached hydrogen (secondary N) is 1. The van der Waals surface area contributed by atoms with E-state index in [9.17, 15) is 4.79 Å². The third-order valence-corrected chi connectivity index (χ3v) is 5.60. The summed E-state index contributed by atoms with van der Waals surface area (Å²) in [7, 11) is 1.60. The van der Waals surface area contributed by atoms with Crippen LogP contribution in [0.4, 0.5) is 5.69 Å². The van der Waals surface area contributed by atoms with Crippen molar-refractivity contribution in [1.82, 2.24) is 5.32 Å². The van der Waals surface area contributed by atoms with Crippen LogP contribution in [0.5, 0.6) is 0 Å². The minimum Gasteiger partial charge on any atom is -0.369 e. The molecule has 4 nitrogen and oxygen atoms in total. The monoisotopic (exact) mass is 386 g/mol. The molecule has 0 spiro atoms. The maximum absolute atomic E-state index is 13.8. The second kappa shape index (κ2) is 8.60. The molecule has 1 aliphatic heterocycles. The highest BCUT2D eigenvalue weighted by Crippen LogP contribution is 2.37. The standard InChI is InChI=1S/C25H26N2O2/c1-29-25(21-8-4-2-5-9-21,22-10-6-3-7-11-22)24(28)20-12-14-23(15-13-20)27-18-16-26-17-19-27/h2-15,26H,16-19H2,1H3. The first-order valence-corrected chi connectivity index (χ1v) is 10.0. The number of methoxy groups -OCH3 is 1. The fourth-order valence-electron chi connectivity index (χ4n) is 4.05. The second-order valence-corrected chi connectivity index (χ2v) is 7.23. The van der Waals surface area contributed by atoms with Gasteiger partial charge in [-0.15, -0.1) is 0 Å². The Morgan fingerprint density at radius 1 is 0.828 bits per heavy atom. The quantitative estimate of drug-likeness (QED) is 0.653. The number of anilines is 1. The number of hydrogen-bond donors (Lipinski definition) is 1. The molecule has 3 aromatic carbocycles. The molecule has 0 saturated carbocycles. The molecule has 1 fully saturated rings. The average Bonchev–Trinajstić information content (AvgIpc) is 2.82. The number of piperazine rings is 1. The van der Waals surface area contributed by atoms with E-state index in [-0.39, 0.29) is 5.78 Å². The van der Waals surface area contributed by atoms with Crippen LogP contribution < -0.4 is 10.2 Å². The SMILES string of the molecule is COC(C(=O)c1ccc(N2CCNCC2)cc1)(c1ccccc1)c1ccccc1. The molecular formula is C25H26N2O2. The van der Waals surface area contributed by atoms with Crippen LogP contribution in [-0.2, 0) is 10.3 Å². The smallest absolute Gasteiger partial charge is 0.203 e. The normalized spacial score (nSPS) is 14.6. The van der Waals surface area contributed by atoms with E-state index in [0.717, 1.165) is 43.0 Å². The van der Waals surface area contributed by atoms with E-state index in [0.29, 0.717) is 5.56 Å². The van der Waals surface area contributed by atoms with Gasteiger partial charge in [0, 0.05) is 44.5 Å². The van der Waals surface area contributed by atoms with Gasteiger partial charge in [-0.3, -0.25) is 4.79 Å². The summed E-state index contributed by atoms with van der Waals surface area (Å²) in [5.41, 5.74) is 2.25. The van der Waals surface area contributed by atoms with Crippen LogP contribution in [0.1, 0.15) is 21.5 Å².